The Kier molecular flexibility index (Phi) is 5.41. The van der Waals surface area contributed by atoms with Gasteiger partial charge in [-0.3, -0.25) is 9.59 Å². The number of carbonyl (C=O) groups excluding carboxylic acids is 2. The van der Waals surface area contributed by atoms with Crippen molar-refractivity contribution in [2.24, 2.45) is 0 Å². The third-order valence-electron chi connectivity index (χ3n) is 3.31. The Labute approximate surface area is 135 Å². The molecule has 6 heteroatoms. The van der Waals surface area contributed by atoms with Gasteiger partial charge in [0.1, 0.15) is 11.9 Å². The summed E-state index contributed by atoms with van der Waals surface area (Å²) in [6.07, 6.45) is 3.84. The van der Waals surface area contributed by atoms with Crippen LogP contribution in [0.15, 0.2) is 36.7 Å². The van der Waals surface area contributed by atoms with E-state index in [2.05, 4.69) is 20.6 Å². The van der Waals surface area contributed by atoms with Crippen LogP contribution in [-0.2, 0) is 11.2 Å². The number of hydrogen-bond donors (Lipinski definition) is 2. The van der Waals surface area contributed by atoms with Crippen LogP contribution < -0.4 is 10.6 Å². The van der Waals surface area contributed by atoms with Crippen LogP contribution in [0.4, 0.5) is 5.69 Å². The van der Waals surface area contributed by atoms with Gasteiger partial charge in [-0.1, -0.05) is 24.6 Å². The molecule has 0 saturated heterocycles. The van der Waals surface area contributed by atoms with Crippen LogP contribution in [-0.4, -0.2) is 27.8 Å². The lowest BCUT2D eigenvalue weighted by Gasteiger charge is -2.14. The van der Waals surface area contributed by atoms with Gasteiger partial charge in [-0.25, -0.2) is 9.97 Å². The minimum absolute atomic E-state index is 0.283. The van der Waals surface area contributed by atoms with Gasteiger partial charge in [0.2, 0.25) is 5.91 Å². The Morgan fingerprint density at radius 2 is 1.91 bits per heavy atom. The second-order valence-corrected chi connectivity index (χ2v) is 5.30. The third kappa shape index (κ3) is 4.60. The topological polar surface area (TPSA) is 84.0 Å². The number of amides is 2. The van der Waals surface area contributed by atoms with Crippen molar-refractivity contribution in [2.75, 3.05) is 5.32 Å². The van der Waals surface area contributed by atoms with E-state index >= 15 is 0 Å². The van der Waals surface area contributed by atoms with Crippen LogP contribution in [0, 0.1) is 6.92 Å². The number of nitrogens with zero attached hydrogens (tertiary/aromatic N) is 2. The van der Waals surface area contributed by atoms with Crippen LogP contribution in [0.25, 0.3) is 0 Å². The molecule has 2 amide bonds. The minimum Gasteiger partial charge on any atom is -0.341 e. The Balaban J connectivity index is 1.95. The van der Waals surface area contributed by atoms with Crippen molar-refractivity contribution in [1.29, 1.82) is 0 Å². The van der Waals surface area contributed by atoms with Crippen molar-refractivity contribution in [3.63, 3.8) is 0 Å². The molecule has 1 atom stereocenters. The van der Waals surface area contributed by atoms with Crippen LogP contribution >= 0.6 is 0 Å². The van der Waals surface area contributed by atoms with Gasteiger partial charge in [0.05, 0.1) is 18.1 Å². The lowest BCUT2D eigenvalue weighted by Crippen LogP contribution is -2.41. The summed E-state index contributed by atoms with van der Waals surface area (Å²) >= 11 is 0. The quantitative estimate of drug-likeness (QED) is 0.885. The predicted octanol–water partition coefficient (Wildman–Crippen LogP) is 2.10. The highest BCUT2D eigenvalue weighted by Crippen LogP contribution is 2.06. The molecule has 6 nitrogen and oxygen atoms in total. The smallest absolute Gasteiger partial charge is 0.251 e. The molecule has 0 unspecified atom stereocenters. The van der Waals surface area contributed by atoms with Crippen molar-refractivity contribution < 1.29 is 9.59 Å². The van der Waals surface area contributed by atoms with E-state index < -0.39 is 6.04 Å². The molecular weight excluding hydrogens is 292 g/mol. The van der Waals surface area contributed by atoms with Crippen molar-refractivity contribution in [2.45, 2.75) is 33.2 Å². The molecule has 0 aliphatic rings. The number of aromatic nitrogens is 2. The lowest BCUT2D eigenvalue weighted by atomic mass is 10.1. The molecule has 1 aromatic carbocycles. The Bertz CT molecular complexity index is 698. The molecule has 2 N–H and O–H groups in total. The van der Waals surface area contributed by atoms with Crippen LogP contribution in [0.1, 0.15) is 35.6 Å². The number of hydrogen-bond acceptors (Lipinski definition) is 4. The predicted molar refractivity (Wildman–Crippen MR) is 88.1 cm³/mol. The molecule has 0 aliphatic carbocycles. The molecule has 0 fully saturated rings. The zero-order chi connectivity index (χ0) is 16.8. The Morgan fingerprint density at radius 3 is 2.52 bits per heavy atom. The lowest BCUT2D eigenvalue weighted by molar-refractivity contribution is -0.117. The second kappa shape index (κ2) is 7.49. The zero-order valence-electron chi connectivity index (χ0n) is 13.5. The van der Waals surface area contributed by atoms with Crippen LogP contribution in [0.5, 0.6) is 0 Å². The maximum Gasteiger partial charge on any atom is 0.251 e. The summed E-state index contributed by atoms with van der Waals surface area (Å²) in [4.78, 5) is 32.5. The maximum atomic E-state index is 12.1. The first-order chi connectivity index (χ1) is 11.0. The fourth-order valence-electron chi connectivity index (χ4n) is 1.98. The zero-order valence-corrected chi connectivity index (χ0v) is 13.5. The molecule has 2 rings (SSSR count). The average molecular weight is 312 g/mol. The molecule has 2 aromatic rings. The number of rotatable bonds is 5. The van der Waals surface area contributed by atoms with E-state index in [0.29, 0.717) is 17.1 Å². The van der Waals surface area contributed by atoms with E-state index in [9.17, 15) is 9.59 Å². The highest BCUT2D eigenvalue weighted by Gasteiger charge is 2.17. The highest BCUT2D eigenvalue weighted by atomic mass is 16.2. The van der Waals surface area contributed by atoms with Crippen molar-refractivity contribution >= 4 is 17.5 Å². The van der Waals surface area contributed by atoms with Gasteiger partial charge in [-0.15, -0.1) is 0 Å². The second-order valence-electron chi connectivity index (χ2n) is 5.30. The molecule has 0 saturated carbocycles. The first kappa shape index (κ1) is 16.6. The first-order valence-electron chi connectivity index (χ1n) is 7.49. The van der Waals surface area contributed by atoms with Gasteiger partial charge in [0, 0.05) is 12.0 Å². The van der Waals surface area contributed by atoms with E-state index in [4.69, 9.17) is 0 Å². The molecule has 120 valence electrons. The van der Waals surface area contributed by atoms with Gasteiger partial charge in [0.15, 0.2) is 0 Å². The molecular formula is C17H20N4O2. The average Bonchev–Trinajstić information content (AvgIpc) is 2.55. The summed E-state index contributed by atoms with van der Waals surface area (Å²) in [7, 11) is 0. The van der Waals surface area contributed by atoms with E-state index in [0.717, 1.165) is 12.0 Å². The van der Waals surface area contributed by atoms with E-state index in [1.54, 1.807) is 31.5 Å². The summed E-state index contributed by atoms with van der Waals surface area (Å²) in [5.41, 5.74) is 2.02. The van der Waals surface area contributed by atoms with Gasteiger partial charge in [-0.05, 0) is 26.0 Å². The van der Waals surface area contributed by atoms with E-state index in [1.165, 1.54) is 0 Å². The number of nitrogens with one attached hydrogen (secondary N) is 2. The van der Waals surface area contributed by atoms with E-state index in [-0.39, 0.29) is 11.8 Å². The largest absolute Gasteiger partial charge is 0.341 e. The number of anilines is 1. The van der Waals surface area contributed by atoms with Gasteiger partial charge >= 0.3 is 0 Å². The fraction of sp³-hybridized carbons (Fsp3) is 0.294. The molecule has 1 aromatic heterocycles. The first-order valence-corrected chi connectivity index (χ1v) is 7.49. The summed E-state index contributed by atoms with van der Waals surface area (Å²) in [6.45, 7) is 5.49. The monoisotopic (exact) mass is 312 g/mol. The summed E-state index contributed by atoms with van der Waals surface area (Å²) in [5, 5.41) is 5.36. The van der Waals surface area contributed by atoms with Crippen LogP contribution in [0.2, 0.25) is 0 Å². The maximum absolute atomic E-state index is 12.1. The number of benzene rings is 1. The van der Waals surface area contributed by atoms with Gasteiger partial charge in [-0.2, -0.15) is 0 Å². The van der Waals surface area contributed by atoms with Crippen molar-refractivity contribution in [1.82, 2.24) is 15.3 Å². The summed E-state index contributed by atoms with van der Waals surface area (Å²) in [6, 6.07) is 6.53. The van der Waals surface area contributed by atoms with Crippen molar-refractivity contribution in [3.8, 4) is 0 Å². The molecule has 0 bridgehead atoms. The number of aryl methyl sites for hydroxylation is 2. The molecule has 0 radical (unpaired) electrons. The van der Waals surface area contributed by atoms with E-state index in [1.807, 2.05) is 26.0 Å². The molecule has 23 heavy (non-hydrogen) atoms. The minimum atomic E-state index is -0.672. The third-order valence-corrected chi connectivity index (χ3v) is 3.31. The molecule has 0 aliphatic heterocycles. The Morgan fingerprint density at radius 1 is 1.22 bits per heavy atom. The number of carbonyl (C=O) groups is 2. The van der Waals surface area contributed by atoms with Crippen molar-refractivity contribution in [3.05, 3.63) is 53.6 Å². The Hall–Kier alpha value is -2.76. The summed E-state index contributed by atoms with van der Waals surface area (Å²) < 4.78 is 0. The van der Waals surface area contributed by atoms with Crippen LogP contribution in [0.3, 0.4) is 0 Å². The standard InChI is InChI=1S/C17H20N4O2/c1-4-15-18-9-14(10-19-15)21-16(22)12(3)20-17(23)13-7-5-6-11(2)8-13/h5-10,12H,4H2,1-3H3,(H,20,23)(H,21,22)/t12-/m0/s1. The highest BCUT2D eigenvalue weighted by molar-refractivity contribution is 6.00. The SMILES string of the molecule is CCc1ncc(NC(=O)[C@H](C)NC(=O)c2cccc(C)c2)cn1. The molecule has 1 heterocycles. The fourth-order valence-corrected chi connectivity index (χ4v) is 1.98. The molecule has 0 spiro atoms. The van der Waals surface area contributed by atoms with Gasteiger partial charge in [0.25, 0.3) is 5.91 Å². The summed E-state index contributed by atoms with van der Waals surface area (Å²) in [5.74, 6) is 0.108. The van der Waals surface area contributed by atoms with Gasteiger partial charge < -0.3 is 10.6 Å². The normalized spacial score (nSPS) is 11.6.